The first-order valence-electron chi connectivity index (χ1n) is 5.81. The van der Waals surface area contributed by atoms with Gasteiger partial charge in [0.05, 0.1) is 5.01 Å². The predicted molar refractivity (Wildman–Crippen MR) is 65.6 cm³/mol. The van der Waals surface area contributed by atoms with E-state index in [2.05, 4.69) is 24.1 Å². The lowest BCUT2D eigenvalue weighted by atomic mass is 9.80. The topological polar surface area (TPSA) is 59.1 Å². The Bertz CT molecular complexity index is 414. The van der Waals surface area contributed by atoms with E-state index in [1.165, 1.54) is 11.3 Å². The van der Waals surface area contributed by atoms with E-state index in [0.717, 1.165) is 11.4 Å². The van der Waals surface area contributed by atoms with Crippen LogP contribution in [-0.2, 0) is 9.59 Å². The van der Waals surface area contributed by atoms with Crippen LogP contribution < -0.4 is 5.32 Å². The molecule has 1 aliphatic rings. The molecule has 1 N–H and O–H groups in total. The average Bonchev–Trinajstić information content (AvgIpc) is 2.74. The van der Waals surface area contributed by atoms with Crippen LogP contribution in [0.2, 0.25) is 0 Å². The maximum absolute atomic E-state index is 11.9. The van der Waals surface area contributed by atoms with Crippen molar-refractivity contribution in [2.24, 2.45) is 11.8 Å². The Morgan fingerprint density at radius 1 is 1.53 bits per heavy atom. The Kier molecular flexibility index (Phi) is 3.57. The van der Waals surface area contributed by atoms with Crippen LogP contribution in [0.5, 0.6) is 0 Å². The summed E-state index contributed by atoms with van der Waals surface area (Å²) in [7, 11) is 0. The molecule has 1 fully saturated rings. The van der Waals surface area contributed by atoms with Crippen LogP contribution >= 0.6 is 11.3 Å². The van der Waals surface area contributed by atoms with E-state index in [0.29, 0.717) is 12.3 Å². The van der Waals surface area contributed by atoms with Gasteiger partial charge in [-0.25, -0.2) is 4.98 Å². The van der Waals surface area contributed by atoms with E-state index in [1.54, 1.807) is 6.20 Å². The van der Waals surface area contributed by atoms with E-state index >= 15 is 0 Å². The summed E-state index contributed by atoms with van der Waals surface area (Å²) in [6, 6.07) is 0. The highest BCUT2D eigenvalue weighted by molar-refractivity contribution is 7.09. The highest BCUT2D eigenvalue weighted by atomic mass is 32.1. The molecule has 0 aliphatic carbocycles. The molecular weight excluding hydrogens is 236 g/mol. The Hall–Kier alpha value is -1.23. The summed E-state index contributed by atoms with van der Waals surface area (Å²) in [5.41, 5.74) is 0. The predicted octanol–water partition coefficient (Wildman–Crippen LogP) is 1.94. The van der Waals surface area contributed by atoms with E-state index in [9.17, 15) is 9.59 Å². The van der Waals surface area contributed by atoms with Crippen LogP contribution in [0.4, 0.5) is 0 Å². The quantitative estimate of drug-likeness (QED) is 0.836. The normalized spacial score (nSPS) is 25.1. The zero-order valence-electron chi connectivity index (χ0n) is 9.97. The zero-order valence-corrected chi connectivity index (χ0v) is 10.8. The van der Waals surface area contributed by atoms with Crippen molar-refractivity contribution < 1.29 is 9.59 Å². The van der Waals surface area contributed by atoms with Crippen LogP contribution in [0.15, 0.2) is 11.6 Å². The summed E-state index contributed by atoms with van der Waals surface area (Å²) in [5, 5.41) is 5.22. The van der Waals surface area contributed by atoms with E-state index in [1.807, 2.05) is 5.38 Å². The van der Waals surface area contributed by atoms with Gasteiger partial charge < -0.3 is 0 Å². The molecule has 1 saturated heterocycles. The number of hydrogen-bond donors (Lipinski definition) is 1. The van der Waals surface area contributed by atoms with Crippen molar-refractivity contribution in [3.8, 4) is 0 Å². The molecule has 0 radical (unpaired) electrons. The highest BCUT2D eigenvalue weighted by Crippen LogP contribution is 2.36. The van der Waals surface area contributed by atoms with Crippen molar-refractivity contribution in [2.75, 3.05) is 0 Å². The smallest absolute Gasteiger partial charge is 0.230 e. The van der Waals surface area contributed by atoms with E-state index in [-0.39, 0.29) is 23.7 Å². The van der Waals surface area contributed by atoms with Gasteiger partial charge in [0, 0.05) is 29.8 Å². The summed E-state index contributed by atoms with van der Waals surface area (Å²) >= 11 is 1.52. The van der Waals surface area contributed by atoms with Crippen molar-refractivity contribution in [2.45, 2.75) is 32.6 Å². The SMILES string of the molecule is CC(C)CC1C(=O)NC(=O)CC1c1nccs1. The van der Waals surface area contributed by atoms with Gasteiger partial charge in [0.2, 0.25) is 11.8 Å². The van der Waals surface area contributed by atoms with Gasteiger partial charge in [-0.2, -0.15) is 0 Å². The molecule has 2 amide bonds. The van der Waals surface area contributed by atoms with Gasteiger partial charge in [-0.15, -0.1) is 11.3 Å². The lowest BCUT2D eigenvalue weighted by Crippen LogP contribution is -2.45. The van der Waals surface area contributed by atoms with Crippen molar-refractivity contribution >= 4 is 23.2 Å². The number of carbonyl (C=O) groups is 2. The number of amides is 2. The number of nitrogens with one attached hydrogen (secondary N) is 1. The zero-order chi connectivity index (χ0) is 12.4. The fraction of sp³-hybridized carbons (Fsp3) is 0.583. The standard InChI is InChI=1S/C12H16N2O2S/c1-7(2)5-8-9(12-13-3-4-17-12)6-10(15)14-11(8)16/h3-4,7-9H,5-6H2,1-2H3,(H,14,15,16). The second-order valence-electron chi connectivity index (χ2n) is 4.83. The molecule has 0 spiro atoms. The molecule has 2 heterocycles. The summed E-state index contributed by atoms with van der Waals surface area (Å²) in [6.45, 7) is 4.17. The molecule has 0 bridgehead atoms. The third-order valence-electron chi connectivity index (χ3n) is 2.98. The minimum atomic E-state index is -0.185. The van der Waals surface area contributed by atoms with Gasteiger partial charge in [-0.1, -0.05) is 13.8 Å². The van der Waals surface area contributed by atoms with Crippen molar-refractivity contribution in [3.05, 3.63) is 16.6 Å². The monoisotopic (exact) mass is 252 g/mol. The molecule has 1 aromatic heterocycles. The molecule has 17 heavy (non-hydrogen) atoms. The van der Waals surface area contributed by atoms with Crippen LogP contribution in [0, 0.1) is 11.8 Å². The Morgan fingerprint density at radius 2 is 2.29 bits per heavy atom. The lowest BCUT2D eigenvalue weighted by molar-refractivity contribution is -0.137. The van der Waals surface area contributed by atoms with E-state index < -0.39 is 0 Å². The number of piperidine rings is 1. The fourth-order valence-electron chi connectivity index (χ4n) is 2.26. The second-order valence-corrected chi connectivity index (χ2v) is 5.76. The van der Waals surface area contributed by atoms with Gasteiger partial charge in [0.15, 0.2) is 0 Å². The van der Waals surface area contributed by atoms with Gasteiger partial charge in [-0.3, -0.25) is 14.9 Å². The average molecular weight is 252 g/mol. The summed E-state index contributed by atoms with van der Waals surface area (Å²) < 4.78 is 0. The molecule has 0 aromatic carbocycles. The largest absolute Gasteiger partial charge is 0.296 e. The molecule has 4 nitrogen and oxygen atoms in total. The number of carbonyl (C=O) groups excluding carboxylic acids is 2. The third-order valence-corrected chi connectivity index (χ3v) is 3.89. The first-order valence-corrected chi connectivity index (χ1v) is 6.69. The Morgan fingerprint density at radius 3 is 2.88 bits per heavy atom. The van der Waals surface area contributed by atoms with Crippen molar-refractivity contribution in [1.82, 2.24) is 10.3 Å². The molecule has 2 rings (SSSR count). The number of nitrogens with zero attached hydrogens (tertiary/aromatic N) is 1. The second kappa shape index (κ2) is 4.96. The lowest BCUT2D eigenvalue weighted by Gasteiger charge is -2.29. The molecular formula is C12H16N2O2S. The number of hydrogen-bond acceptors (Lipinski definition) is 4. The third kappa shape index (κ3) is 2.72. The first-order chi connectivity index (χ1) is 8.08. The van der Waals surface area contributed by atoms with Crippen LogP contribution in [0.1, 0.15) is 37.6 Å². The van der Waals surface area contributed by atoms with Crippen LogP contribution in [-0.4, -0.2) is 16.8 Å². The number of rotatable bonds is 3. The molecule has 2 unspecified atom stereocenters. The van der Waals surface area contributed by atoms with Gasteiger partial charge in [0.1, 0.15) is 0 Å². The van der Waals surface area contributed by atoms with E-state index in [4.69, 9.17) is 0 Å². The first kappa shape index (κ1) is 12.2. The molecule has 0 saturated carbocycles. The van der Waals surface area contributed by atoms with Crippen molar-refractivity contribution in [3.63, 3.8) is 0 Å². The van der Waals surface area contributed by atoms with Crippen LogP contribution in [0.3, 0.4) is 0 Å². The Balaban J connectivity index is 2.24. The van der Waals surface area contributed by atoms with Crippen LogP contribution in [0.25, 0.3) is 0 Å². The highest BCUT2D eigenvalue weighted by Gasteiger charge is 2.38. The van der Waals surface area contributed by atoms with Gasteiger partial charge in [-0.05, 0) is 12.3 Å². The van der Waals surface area contributed by atoms with Gasteiger partial charge in [0.25, 0.3) is 0 Å². The summed E-state index contributed by atoms with van der Waals surface area (Å²) in [5.74, 6) is -0.0655. The molecule has 2 atom stereocenters. The fourth-order valence-corrected chi connectivity index (χ4v) is 3.07. The summed E-state index contributed by atoms with van der Waals surface area (Å²) in [4.78, 5) is 27.6. The number of imide groups is 1. The Labute approximate surface area is 104 Å². The minimum absolute atomic E-state index is 0.0429. The minimum Gasteiger partial charge on any atom is -0.296 e. The summed E-state index contributed by atoms with van der Waals surface area (Å²) in [6.07, 6.45) is 2.89. The maximum Gasteiger partial charge on any atom is 0.230 e. The van der Waals surface area contributed by atoms with Crippen molar-refractivity contribution in [1.29, 1.82) is 0 Å². The number of thiazole rings is 1. The molecule has 1 aliphatic heterocycles. The molecule has 5 heteroatoms. The van der Waals surface area contributed by atoms with Gasteiger partial charge >= 0.3 is 0 Å². The maximum atomic E-state index is 11.9. The molecule has 1 aromatic rings. The number of aromatic nitrogens is 1. The molecule has 92 valence electrons.